The largest absolute Gasteiger partial charge is 0.453 e. The van der Waals surface area contributed by atoms with E-state index in [4.69, 9.17) is 9.47 Å². The van der Waals surface area contributed by atoms with Crippen molar-refractivity contribution in [3.8, 4) is 11.5 Å². The predicted octanol–water partition coefficient (Wildman–Crippen LogP) is 7.79. The van der Waals surface area contributed by atoms with Gasteiger partial charge in [0.25, 0.3) is 0 Å². The van der Waals surface area contributed by atoms with Crippen molar-refractivity contribution in [2.24, 2.45) is 0 Å². The molecule has 0 aromatic heterocycles. The molecule has 0 radical (unpaired) electrons. The predicted molar refractivity (Wildman–Crippen MR) is 126 cm³/mol. The third kappa shape index (κ3) is 3.43. The number of hydrogen-bond acceptors (Lipinski definition) is 2. The summed E-state index contributed by atoms with van der Waals surface area (Å²) in [6.07, 6.45) is 2.28. The molecule has 2 aromatic rings. The zero-order valence-corrected chi connectivity index (χ0v) is 20.1. The van der Waals surface area contributed by atoms with Gasteiger partial charge in [0.15, 0.2) is 11.5 Å². The Morgan fingerprint density at radius 3 is 1.63 bits per heavy atom. The molecule has 1 aliphatic heterocycles. The van der Waals surface area contributed by atoms with E-state index in [9.17, 15) is 0 Å². The van der Waals surface area contributed by atoms with E-state index in [0.29, 0.717) is 36.4 Å². The highest BCUT2D eigenvalue weighted by molar-refractivity contribution is 5.61. The molecule has 0 bridgehead atoms. The second-order valence-electron chi connectivity index (χ2n) is 10.5. The first-order valence-electron chi connectivity index (χ1n) is 11.8. The van der Waals surface area contributed by atoms with Crippen molar-refractivity contribution >= 4 is 0 Å². The molecule has 2 nitrogen and oxygen atoms in total. The van der Waals surface area contributed by atoms with Crippen LogP contribution < -0.4 is 9.47 Å². The third-order valence-corrected chi connectivity index (χ3v) is 7.03. The fourth-order valence-corrected chi connectivity index (χ4v) is 5.57. The Labute approximate surface area is 183 Å². The van der Waals surface area contributed by atoms with Crippen molar-refractivity contribution < 1.29 is 9.47 Å². The van der Waals surface area contributed by atoms with Gasteiger partial charge in [-0.25, -0.2) is 0 Å². The molecule has 162 valence electrons. The van der Waals surface area contributed by atoms with Gasteiger partial charge in [-0.3, -0.25) is 0 Å². The second kappa shape index (κ2) is 7.94. The van der Waals surface area contributed by atoms with E-state index in [1.165, 1.54) is 27.8 Å². The number of benzene rings is 2. The summed E-state index contributed by atoms with van der Waals surface area (Å²) in [6, 6.07) is 7.24. The molecule has 0 atom stereocenters. The molecule has 4 rings (SSSR count). The maximum Gasteiger partial charge on any atom is 0.231 e. The monoisotopic (exact) mass is 406 g/mol. The maximum atomic E-state index is 6.06. The van der Waals surface area contributed by atoms with Gasteiger partial charge in [-0.1, -0.05) is 73.6 Å². The zero-order valence-electron chi connectivity index (χ0n) is 20.1. The van der Waals surface area contributed by atoms with E-state index < -0.39 is 0 Å². The van der Waals surface area contributed by atoms with E-state index in [2.05, 4.69) is 73.6 Å². The van der Waals surface area contributed by atoms with Crippen molar-refractivity contribution in [1.82, 2.24) is 0 Å². The van der Waals surface area contributed by atoms with Gasteiger partial charge in [0.05, 0.1) is 0 Å². The van der Waals surface area contributed by atoms with Gasteiger partial charge in [0, 0.05) is 11.1 Å². The lowest BCUT2D eigenvalue weighted by atomic mass is 9.83. The van der Waals surface area contributed by atoms with Gasteiger partial charge >= 0.3 is 0 Å². The van der Waals surface area contributed by atoms with Crippen LogP contribution in [0.5, 0.6) is 11.5 Å². The Kier molecular flexibility index (Phi) is 5.64. The van der Waals surface area contributed by atoms with Gasteiger partial charge in [0.2, 0.25) is 6.79 Å². The van der Waals surface area contributed by atoms with E-state index in [1.54, 1.807) is 11.1 Å². The van der Waals surface area contributed by atoms with Crippen LogP contribution in [0.1, 0.15) is 124 Å². The average molecular weight is 407 g/mol. The number of ether oxygens (including phenoxy) is 2. The molecule has 0 saturated carbocycles. The Balaban J connectivity index is 1.87. The van der Waals surface area contributed by atoms with Crippen molar-refractivity contribution in [1.29, 1.82) is 0 Å². The summed E-state index contributed by atoms with van der Waals surface area (Å²) in [5.41, 5.74) is 10.4. The van der Waals surface area contributed by atoms with E-state index in [-0.39, 0.29) is 0 Å². The molecule has 1 heterocycles. The summed E-state index contributed by atoms with van der Waals surface area (Å²) >= 11 is 0. The summed E-state index contributed by atoms with van der Waals surface area (Å²) in [4.78, 5) is 0. The molecule has 0 amide bonds. The van der Waals surface area contributed by atoms with Crippen LogP contribution in [0.25, 0.3) is 0 Å². The van der Waals surface area contributed by atoms with E-state index >= 15 is 0 Å². The Morgan fingerprint density at radius 2 is 1.17 bits per heavy atom. The van der Waals surface area contributed by atoms with Crippen molar-refractivity contribution in [3.63, 3.8) is 0 Å². The van der Waals surface area contributed by atoms with Gasteiger partial charge in [0.1, 0.15) is 0 Å². The molecule has 0 N–H and O–H groups in total. The summed E-state index contributed by atoms with van der Waals surface area (Å²) in [5.74, 6) is 4.46. The molecule has 30 heavy (non-hydrogen) atoms. The lowest BCUT2D eigenvalue weighted by Gasteiger charge is -2.23. The van der Waals surface area contributed by atoms with Gasteiger partial charge in [-0.15, -0.1) is 0 Å². The summed E-state index contributed by atoms with van der Waals surface area (Å²) < 4.78 is 12.0. The molecule has 2 aliphatic rings. The summed E-state index contributed by atoms with van der Waals surface area (Å²) in [5, 5.41) is 0. The maximum absolute atomic E-state index is 6.06. The van der Waals surface area contributed by atoms with E-state index in [0.717, 1.165) is 24.3 Å². The van der Waals surface area contributed by atoms with Crippen LogP contribution in [0, 0.1) is 0 Å². The van der Waals surface area contributed by atoms with Crippen molar-refractivity contribution in [3.05, 3.63) is 57.1 Å². The van der Waals surface area contributed by atoms with Crippen LogP contribution in [0.2, 0.25) is 0 Å². The summed E-state index contributed by atoms with van der Waals surface area (Å²) in [6.45, 7) is 18.8. The van der Waals surface area contributed by atoms with Crippen LogP contribution in [0.3, 0.4) is 0 Å². The van der Waals surface area contributed by atoms with Crippen LogP contribution in [0.4, 0.5) is 0 Å². The van der Waals surface area contributed by atoms with Crippen LogP contribution in [-0.2, 0) is 12.8 Å². The first-order valence-corrected chi connectivity index (χ1v) is 11.8. The lowest BCUT2D eigenvalue weighted by Crippen LogP contribution is -2.08. The SMILES string of the molecule is CC(C)c1ccc(C(C)C)c2c1CC(c1cc(C(C)C)c3c(c1C(C)C)OCO3)C2. The first-order chi connectivity index (χ1) is 14.2. The molecule has 0 saturated heterocycles. The minimum atomic E-state index is 0.345. The quantitative estimate of drug-likeness (QED) is 0.504. The Hall–Kier alpha value is -1.96. The highest BCUT2D eigenvalue weighted by atomic mass is 16.7. The lowest BCUT2D eigenvalue weighted by molar-refractivity contribution is 0.172. The smallest absolute Gasteiger partial charge is 0.231 e. The normalized spacial score (nSPS) is 15.9. The van der Waals surface area contributed by atoms with Crippen LogP contribution in [0.15, 0.2) is 18.2 Å². The van der Waals surface area contributed by atoms with Crippen molar-refractivity contribution in [2.75, 3.05) is 6.79 Å². The molecule has 1 aliphatic carbocycles. The third-order valence-electron chi connectivity index (χ3n) is 7.03. The average Bonchev–Trinajstić information content (AvgIpc) is 3.32. The topological polar surface area (TPSA) is 18.5 Å². The molecular weight excluding hydrogens is 368 g/mol. The molecule has 0 unspecified atom stereocenters. The Morgan fingerprint density at radius 1 is 0.667 bits per heavy atom. The Bertz CT molecular complexity index is 913. The van der Waals surface area contributed by atoms with Crippen LogP contribution >= 0.6 is 0 Å². The van der Waals surface area contributed by atoms with E-state index in [1.807, 2.05) is 0 Å². The van der Waals surface area contributed by atoms with Gasteiger partial charge in [-0.05, 0) is 70.2 Å². The number of fused-ring (bicyclic) bond motifs is 2. The van der Waals surface area contributed by atoms with Crippen LogP contribution in [-0.4, -0.2) is 6.79 Å². The molecule has 0 spiro atoms. The molecule has 0 fully saturated rings. The minimum Gasteiger partial charge on any atom is -0.453 e. The second-order valence-corrected chi connectivity index (χ2v) is 10.5. The summed E-state index contributed by atoms with van der Waals surface area (Å²) in [7, 11) is 0. The number of hydrogen-bond donors (Lipinski definition) is 0. The number of rotatable bonds is 5. The molecular formula is C28H38O2. The zero-order chi connectivity index (χ0) is 21.7. The highest BCUT2D eigenvalue weighted by Gasteiger charge is 2.34. The van der Waals surface area contributed by atoms with Gasteiger partial charge < -0.3 is 9.47 Å². The molecule has 2 aromatic carbocycles. The fraction of sp³-hybridized carbons (Fsp3) is 0.571. The van der Waals surface area contributed by atoms with Crippen molar-refractivity contribution in [2.45, 2.75) is 97.8 Å². The standard InChI is InChI=1S/C28H38O2/c1-15(2)20-9-10-21(16(3)4)25-12-19(11-24(20)25)23-13-22(17(5)6)27-28(30-14-29-27)26(23)18(7)8/h9-10,13,15-19H,11-12,14H2,1-8H3. The molecule has 2 heteroatoms. The van der Waals surface area contributed by atoms with Gasteiger partial charge in [-0.2, -0.15) is 0 Å². The fourth-order valence-electron chi connectivity index (χ4n) is 5.57. The first kappa shape index (κ1) is 21.3. The highest BCUT2D eigenvalue weighted by Crippen LogP contribution is 2.51. The minimum absolute atomic E-state index is 0.345.